The molecule has 1 amide bonds. The van der Waals surface area contributed by atoms with Crippen LogP contribution in [0.15, 0.2) is 0 Å². The Morgan fingerprint density at radius 3 is 2.12 bits per heavy atom. The van der Waals surface area contributed by atoms with Gasteiger partial charge in [-0.3, -0.25) is 19.2 Å². The standard InChI is InChI=1S/C15H23NO9/c1-7(17)16-12-13(11(23-9(3)19)6-22-8(2)18)25-15(21-5)14(12)24-10(4)20/h11-15H,6H2,1-5H3,(H,16,17)/t11-,12-,13-,14+,15?/m1/s1. The number of methoxy groups -OCH3 is 1. The summed E-state index contributed by atoms with van der Waals surface area (Å²) in [5, 5.41) is 2.60. The van der Waals surface area contributed by atoms with Gasteiger partial charge in [-0.15, -0.1) is 0 Å². The molecule has 5 atom stereocenters. The Labute approximate surface area is 145 Å². The Morgan fingerprint density at radius 2 is 1.68 bits per heavy atom. The average molecular weight is 361 g/mol. The largest absolute Gasteiger partial charge is 0.462 e. The Balaban J connectivity index is 3.10. The van der Waals surface area contributed by atoms with Crippen LogP contribution in [0.2, 0.25) is 0 Å². The van der Waals surface area contributed by atoms with Gasteiger partial charge < -0.3 is 29.0 Å². The predicted octanol–water partition coefficient (Wildman–Crippen LogP) is -0.711. The van der Waals surface area contributed by atoms with Crippen LogP contribution in [0.4, 0.5) is 0 Å². The molecule has 0 saturated carbocycles. The Bertz CT molecular complexity index is 521. The summed E-state index contributed by atoms with van der Waals surface area (Å²) >= 11 is 0. The first-order valence-electron chi connectivity index (χ1n) is 7.58. The molecular formula is C15H23NO9. The van der Waals surface area contributed by atoms with E-state index in [1.165, 1.54) is 34.8 Å². The van der Waals surface area contributed by atoms with Crippen molar-refractivity contribution in [2.75, 3.05) is 13.7 Å². The SMILES string of the molecule is COC1O[C@H]([C@@H](COC(C)=O)OC(C)=O)[C@@H](NC(C)=O)[C@@H]1OC(C)=O. The van der Waals surface area contributed by atoms with Crippen LogP contribution in [-0.2, 0) is 42.9 Å². The fraction of sp³-hybridized carbons (Fsp3) is 0.733. The Morgan fingerprint density at radius 1 is 1.04 bits per heavy atom. The summed E-state index contributed by atoms with van der Waals surface area (Å²) in [5.41, 5.74) is 0. The third kappa shape index (κ3) is 6.31. The molecule has 0 radical (unpaired) electrons. The third-order valence-electron chi connectivity index (χ3n) is 3.31. The van der Waals surface area contributed by atoms with E-state index in [1.807, 2.05) is 0 Å². The number of amides is 1. The molecule has 1 rings (SSSR count). The van der Waals surface area contributed by atoms with Gasteiger partial charge in [0.1, 0.15) is 18.8 Å². The number of carbonyl (C=O) groups is 4. The van der Waals surface area contributed by atoms with Crippen LogP contribution in [0.1, 0.15) is 27.7 Å². The summed E-state index contributed by atoms with van der Waals surface area (Å²) in [6.45, 7) is 4.56. The molecule has 1 N–H and O–H groups in total. The van der Waals surface area contributed by atoms with Crippen LogP contribution in [-0.4, -0.2) is 68.2 Å². The lowest BCUT2D eigenvalue weighted by Crippen LogP contribution is -2.53. The number of esters is 3. The van der Waals surface area contributed by atoms with Gasteiger partial charge in [-0.25, -0.2) is 0 Å². The molecule has 10 nitrogen and oxygen atoms in total. The maximum absolute atomic E-state index is 11.5. The predicted molar refractivity (Wildman–Crippen MR) is 81.0 cm³/mol. The lowest BCUT2D eigenvalue weighted by molar-refractivity contribution is -0.191. The van der Waals surface area contributed by atoms with Gasteiger partial charge >= 0.3 is 17.9 Å². The third-order valence-corrected chi connectivity index (χ3v) is 3.31. The van der Waals surface area contributed by atoms with E-state index in [0.29, 0.717) is 0 Å². The molecule has 0 aliphatic carbocycles. The van der Waals surface area contributed by atoms with Crippen LogP contribution in [0.25, 0.3) is 0 Å². The van der Waals surface area contributed by atoms with Crippen LogP contribution >= 0.6 is 0 Å². The summed E-state index contributed by atoms with van der Waals surface area (Å²) in [7, 11) is 1.33. The van der Waals surface area contributed by atoms with Crippen molar-refractivity contribution >= 4 is 23.8 Å². The lowest BCUT2D eigenvalue weighted by Gasteiger charge is -2.28. The van der Waals surface area contributed by atoms with E-state index < -0.39 is 54.5 Å². The summed E-state index contributed by atoms with van der Waals surface area (Å²) < 4.78 is 26.0. The zero-order valence-electron chi connectivity index (χ0n) is 14.8. The smallest absolute Gasteiger partial charge is 0.303 e. The zero-order chi connectivity index (χ0) is 19.1. The van der Waals surface area contributed by atoms with Gasteiger partial charge in [0.2, 0.25) is 5.91 Å². The van der Waals surface area contributed by atoms with Gasteiger partial charge in [0.15, 0.2) is 18.5 Å². The average Bonchev–Trinajstić information content (AvgIpc) is 2.79. The normalized spacial score (nSPS) is 26.4. The van der Waals surface area contributed by atoms with Crippen LogP contribution in [0.5, 0.6) is 0 Å². The van der Waals surface area contributed by atoms with Crippen molar-refractivity contribution in [1.29, 1.82) is 0 Å². The van der Waals surface area contributed by atoms with Crippen molar-refractivity contribution < 1.29 is 42.9 Å². The van der Waals surface area contributed by atoms with Gasteiger partial charge in [0, 0.05) is 34.8 Å². The summed E-state index contributed by atoms with van der Waals surface area (Å²) in [4.78, 5) is 45.3. The number of nitrogens with one attached hydrogen (secondary N) is 1. The maximum atomic E-state index is 11.5. The lowest BCUT2D eigenvalue weighted by atomic mass is 10.0. The number of ether oxygens (including phenoxy) is 5. The Kier molecular flexibility index (Phi) is 7.78. The number of hydrogen-bond acceptors (Lipinski definition) is 9. The van der Waals surface area contributed by atoms with Crippen LogP contribution < -0.4 is 5.32 Å². The van der Waals surface area contributed by atoms with Gasteiger partial charge in [0.05, 0.1) is 0 Å². The number of carbonyl (C=O) groups excluding carboxylic acids is 4. The second kappa shape index (κ2) is 9.33. The molecule has 1 aliphatic rings. The molecule has 0 bridgehead atoms. The zero-order valence-corrected chi connectivity index (χ0v) is 14.8. The van der Waals surface area contributed by atoms with Crippen LogP contribution in [0, 0.1) is 0 Å². The minimum Gasteiger partial charge on any atom is -0.462 e. The monoisotopic (exact) mass is 361 g/mol. The molecule has 0 aromatic carbocycles. The van der Waals surface area contributed by atoms with Gasteiger partial charge in [-0.05, 0) is 0 Å². The fourth-order valence-electron chi connectivity index (χ4n) is 2.51. The molecule has 0 spiro atoms. The van der Waals surface area contributed by atoms with E-state index in [1.54, 1.807) is 0 Å². The molecule has 1 saturated heterocycles. The molecule has 1 fully saturated rings. The highest BCUT2D eigenvalue weighted by Gasteiger charge is 2.52. The molecule has 10 heteroatoms. The molecule has 142 valence electrons. The second-order valence-electron chi connectivity index (χ2n) is 5.46. The summed E-state index contributed by atoms with van der Waals surface area (Å²) in [5.74, 6) is -2.23. The molecule has 0 aromatic rings. The first-order valence-corrected chi connectivity index (χ1v) is 7.58. The first kappa shape index (κ1) is 20.8. The highest BCUT2D eigenvalue weighted by molar-refractivity contribution is 5.73. The molecule has 1 heterocycles. The van der Waals surface area contributed by atoms with Crippen LogP contribution in [0.3, 0.4) is 0 Å². The fourth-order valence-corrected chi connectivity index (χ4v) is 2.51. The van der Waals surface area contributed by atoms with E-state index in [9.17, 15) is 19.2 Å². The van der Waals surface area contributed by atoms with Gasteiger partial charge in [0.25, 0.3) is 0 Å². The van der Waals surface area contributed by atoms with E-state index in [2.05, 4.69) is 5.32 Å². The molecule has 25 heavy (non-hydrogen) atoms. The molecule has 1 unspecified atom stereocenters. The van der Waals surface area contributed by atoms with E-state index in [-0.39, 0.29) is 6.61 Å². The highest BCUT2D eigenvalue weighted by atomic mass is 16.7. The number of rotatable bonds is 7. The van der Waals surface area contributed by atoms with E-state index >= 15 is 0 Å². The van der Waals surface area contributed by atoms with Crippen molar-refractivity contribution in [1.82, 2.24) is 5.32 Å². The van der Waals surface area contributed by atoms with Crippen molar-refractivity contribution in [2.45, 2.75) is 58.3 Å². The maximum Gasteiger partial charge on any atom is 0.303 e. The second-order valence-corrected chi connectivity index (χ2v) is 5.46. The van der Waals surface area contributed by atoms with Crippen molar-refractivity contribution in [3.63, 3.8) is 0 Å². The summed E-state index contributed by atoms with van der Waals surface area (Å²) in [6, 6.07) is -0.869. The van der Waals surface area contributed by atoms with E-state index in [0.717, 1.165) is 0 Å². The van der Waals surface area contributed by atoms with Gasteiger partial charge in [-0.2, -0.15) is 0 Å². The first-order chi connectivity index (χ1) is 11.6. The minimum absolute atomic E-state index is 0.293. The number of hydrogen-bond donors (Lipinski definition) is 1. The topological polar surface area (TPSA) is 126 Å². The summed E-state index contributed by atoms with van der Waals surface area (Å²) in [6.07, 6.45) is -3.95. The van der Waals surface area contributed by atoms with Crippen molar-refractivity contribution in [3.05, 3.63) is 0 Å². The Hall–Kier alpha value is -2.20. The quantitative estimate of drug-likeness (QED) is 0.462. The molecule has 1 aliphatic heterocycles. The van der Waals surface area contributed by atoms with Crippen molar-refractivity contribution in [3.8, 4) is 0 Å². The highest BCUT2D eigenvalue weighted by Crippen LogP contribution is 2.28. The van der Waals surface area contributed by atoms with Gasteiger partial charge in [-0.1, -0.05) is 0 Å². The molecule has 0 aromatic heterocycles. The van der Waals surface area contributed by atoms with Crippen molar-refractivity contribution in [2.24, 2.45) is 0 Å². The minimum atomic E-state index is -1.03. The molecular weight excluding hydrogens is 338 g/mol. The van der Waals surface area contributed by atoms with E-state index in [4.69, 9.17) is 23.7 Å².